The number of aliphatic hydroxyl groups is 3. The first-order chi connectivity index (χ1) is 13.1. The molecule has 3 N–H and O–H groups in total. The lowest BCUT2D eigenvalue weighted by atomic mass is 9.40. The number of Topliss-reactive ketones (excluding diaryl/α,β-unsaturated/α-hetero) is 1. The summed E-state index contributed by atoms with van der Waals surface area (Å²) in [5.74, 6) is -1.87. The van der Waals surface area contributed by atoms with Gasteiger partial charge in [0.05, 0.1) is 17.8 Å². The highest BCUT2D eigenvalue weighted by Crippen LogP contribution is 2.66. The Morgan fingerprint density at radius 2 is 1.83 bits per heavy atom. The molecule has 1 heterocycles. The number of fused-ring (bicyclic) bond motifs is 3. The van der Waals surface area contributed by atoms with Gasteiger partial charge in [-0.15, -0.1) is 6.58 Å². The summed E-state index contributed by atoms with van der Waals surface area (Å²) in [5, 5.41) is 34.7. The number of rotatable bonds is 2. The molecule has 0 radical (unpaired) electrons. The van der Waals surface area contributed by atoms with Crippen LogP contribution in [-0.2, 0) is 19.1 Å². The van der Waals surface area contributed by atoms with E-state index in [1.165, 1.54) is 19.9 Å². The van der Waals surface area contributed by atoms with Gasteiger partial charge in [-0.2, -0.15) is 0 Å². The van der Waals surface area contributed by atoms with Gasteiger partial charge in [0.1, 0.15) is 5.60 Å². The maximum absolute atomic E-state index is 13.6. The van der Waals surface area contributed by atoms with Crippen molar-refractivity contribution in [2.75, 3.05) is 0 Å². The quantitative estimate of drug-likeness (QED) is 0.467. The van der Waals surface area contributed by atoms with Crippen LogP contribution in [-0.4, -0.2) is 62.2 Å². The van der Waals surface area contributed by atoms with Crippen molar-refractivity contribution in [2.45, 2.75) is 95.9 Å². The van der Waals surface area contributed by atoms with E-state index in [0.29, 0.717) is 12.8 Å². The van der Waals surface area contributed by atoms with E-state index in [2.05, 4.69) is 6.58 Å². The standard InChI is InChI=1S/C22H34O7/c1-8-19(5)11-14(25)22(27)20(6)13(24)9-10-18(3,4)16(20)15(26)17(28-12(2)23)21(22,7)29-19/h8,13,15-17,24,26-27H,1,9-11H2,2-7H3/t13-,15-,16-,17-,19-,20-,21+,22-/m1/s1. The molecule has 0 amide bonds. The summed E-state index contributed by atoms with van der Waals surface area (Å²) < 4.78 is 11.8. The van der Waals surface area contributed by atoms with E-state index in [1.807, 2.05) is 13.8 Å². The molecule has 2 aliphatic carbocycles. The van der Waals surface area contributed by atoms with Gasteiger partial charge in [0.2, 0.25) is 0 Å². The monoisotopic (exact) mass is 410 g/mol. The average Bonchev–Trinajstić information content (AvgIpc) is 2.59. The Morgan fingerprint density at radius 3 is 2.34 bits per heavy atom. The van der Waals surface area contributed by atoms with E-state index in [1.54, 1.807) is 13.8 Å². The molecule has 164 valence electrons. The number of esters is 1. The molecule has 7 heteroatoms. The highest BCUT2D eigenvalue weighted by Gasteiger charge is 2.81. The van der Waals surface area contributed by atoms with Crippen molar-refractivity contribution in [3.63, 3.8) is 0 Å². The Bertz CT molecular complexity index is 747. The van der Waals surface area contributed by atoms with Crippen molar-refractivity contribution >= 4 is 11.8 Å². The summed E-state index contributed by atoms with van der Waals surface area (Å²) in [5.41, 5.74) is -7.00. The first kappa shape index (κ1) is 22.4. The summed E-state index contributed by atoms with van der Waals surface area (Å²) in [6, 6.07) is 0. The van der Waals surface area contributed by atoms with Crippen LogP contribution in [0.3, 0.4) is 0 Å². The predicted molar refractivity (Wildman–Crippen MR) is 105 cm³/mol. The topological polar surface area (TPSA) is 113 Å². The normalized spacial score (nSPS) is 51.6. The Kier molecular flexibility index (Phi) is 4.91. The lowest BCUT2D eigenvalue weighted by molar-refractivity contribution is -0.370. The maximum Gasteiger partial charge on any atom is 0.303 e. The summed E-state index contributed by atoms with van der Waals surface area (Å²) in [6.45, 7) is 13.6. The molecule has 29 heavy (non-hydrogen) atoms. The van der Waals surface area contributed by atoms with Crippen LogP contribution in [0.25, 0.3) is 0 Å². The Balaban J connectivity index is 2.33. The molecule has 1 saturated heterocycles. The molecule has 3 rings (SSSR count). The maximum atomic E-state index is 13.6. The van der Waals surface area contributed by atoms with Crippen molar-refractivity contribution in [3.05, 3.63) is 12.7 Å². The smallest absolute Gasteiger partial charge is 0.303 e. The number of carbonyl (C=O) groups excluding carboxylic acids is 2. The lowest BCUT2D eigenvalue weighted by Gasteiger charge is -2.71. The van der Waals surface area contributed by atoms with Crippen LogP contribution in [0.2, 0.25) is 0 Å². The molecule has 3 aliphatic rings. The third kappa shape index (κ3) is 2.63. The first-order valence-electron chi connectivity index (χ1n) is 10.2. The van der Waals surface area contributed by atoms with Gasteiger partial charge in [-0.25, -0.2) is 0 Å². The van der Waals surface area contributed by atoms with Crippen LogP contribution in [0.5, 0.6) is 0 Å². The number of carbonyl (C=O) groups is 2. The Morgan fingerprint density at radius 1 is 1.24 bits per heavy atom. The van der Waals surface area contributed by atoms with Gasteiger partial charge in [0.25, 0.3) is 0 Å². The molecule has 0 aromatic carbocycles. The first-order valence-corrected chi connectivity index (χ1v) is 10.2. The van der Waals surface area contributed by atoms with Gasteiger partial charge in [0, 0.05) is 24.7 Å². The van der Waals surface area contributed by atoms with E-state index in [0.717, 1.165) is 0 Å². The fourth-order valence-electron chi connectivity index (χ4n) is 6.66. The van der Waals surface area contributed by atoms with Gasteiger partial charge in [0.15, 0.2) is 17.5 Å². The fourth-order valence-corrected chi connectivity index (χ4v) is 6.66. The van der Waals surface area contributed by atoms with Gasteiger partial charge >= 0.3 is 5.97 Å². The van der Waals surface area contributed by atoms with Crippen molar-refractivity contribution in [2.24, 2.45) is 16.7 Å². The molecule has 0 aromatic rings. The van der Waals surface area contributed by atoms with Crippen LogP contribution in [0.15, 0.2) is 12.7 Å². The van der Waals surface area contributed by atoms with Crippen LogP contribution in [0.1, 0.15) is 60.8 Å². The third-order valence-corrected chi connectivity index (χ3v) is 8.02. The predicted octanol–water partition coefficient (Wildman–Crippen LogP) is 1.52. The van der Waals surface area contributed by atoms with E-state index < -0.39 is 63.6 Å². The second-order valence-electron chi connectivity index (χ2n) is 10.4. The molecule has 0 aromatic heterocycles. The molecule has 0 unspecified atom stereocenters. The Labute approximate surface area is 172 Å². The van der Waals surface area contributed by atoms with Crippen molar-refractivity contribution in [1.29, 1.82) is 0 Å². The zero-order chi connectivity index (χ0) is 22.2. The summed E-state index contributed by atoms with van der Waals surface area (Å²) >= 11 is 0. The number of hydrogen-bond donors (Lipinski definition) is 3. The second kappa shape index (κ2) is 6.36. The summed E-state index contributed by atoms with van der Waals surface area (Å²) in [6.07, 6.45) is -1.29. The molecule has 7 nitrogen and oxygen atoms in total. The van der Waals surface area contributed by atoms with Gasteiger partial charge in [-0.1, -0.05) is 26.8 Å². The van der Waals surface area contributed by atoms with Crippen LogP contribution < -0.4 is 0 Å². The average molecular weight is 411 g/mol. The minimum absolute atomic E-state index is 0.138. The highest BCUT2D eigenvalue weighted by molar-refractivity contribution is 5.92. The van der Waals surface area contributed by atoms with Crippen LogP contribution >= 0.6 is 0 Å². The van der Waals surface area contributed by atoms with E-state index in [4.69, 9.17) is 9.47 Å². The SMILES string of the molecule is C=C[C@]1(C)CC(=O)[C@@]2(O)[C@]3(C)[C@H](O)CCC(C)(C)[C@H]3[C@@H](O)[C@@H](OC(C)=O)[C@]2(C)O1. The summed E-state index contributed by atoms with van der Waals surface area (Å²) in [4.78, 5) is 25.5. The van der Waals surface area contributed by atoms with Crippen LogP contribution in [0.4, 0.5) is 0 Å². The molecular weight excluding hydrogens is 376 g/mol. The number of aliphatic hydroxyl groups excluding tert-OH is 2. The minimum atomic E-state index is -2.18. The molecular formula is C22H34O7. The molecule has 0 spiro atoms. The highest BCUT2D eigenvalue weighted by atomic mass is 16.6. The van der Waals surface area contributed by atoms with Crippen molar-refractivity contribution < 1.29 is 34.4 Å². The molecule has 0 bridgehead atoms. The minimum Gasteiger partial charge on any atom is -0.457 e. The van der Waals surface area contributed by atoms with E-state index in [-0.39, 0.29) is 6.42 Å². The second-order valence-corrected chi connectivity index (χ2v) is 10.4. The summed E-state index contributed by atoms with van der Waals surface area (Å²) in [7, 11) is 0. The van der Waals surface area contributed by atoms with Gasteiger partial charge in [-0.3, -0.25) is 9.59 Å². The number of ketones is 1. The van der Waals surface area contributed by atoms with Crippen molar-refractivity contribution in [3.8, 4) is 0 Å². The van der Waals surface area contributed by atoms with Crippen LogP contribution in [0, 0.1) is 16.7 Å². The number of hydrogen-bond acceptors (Lipinski definition) is 7. The zero-order valence-corrected chi connectivity index (χ0v) is 18.2. The molecule has 1 aliphatic heterocycles. The van der Waals surface area contributed by atoms with E-state index in [9.17, 15) is 24.9 Å². The fraction of sp³-hybridized carbons (Fsp3) is 0.818. The zero-order valence-electron chi connectivity index (χ0n) is 18.2. The van der Waals surface area contributed by atoms with Gasteiger partial charge in [-0.05, 0) is 32.1 Å². The molecule has 2 saturated carbocycles. The molecule has 8 atom stereocenters. The lowest BCUT2D eigenvalue weighted by Crippen LogP contribution is -2.86. The Hall–Kier alpha value is -1.28. The van der Waals surface area contributed by atoms with E-state index >= 15 is 0 Å². The number of ether oxygens (including phenoxy) is 2. The van der Waals surface area contributed by atoms with Gasteiger partial charge < -0.3 is 24.8 Å². The molecule has 3 fully saturated rings. The van der Waals surface area contributed by atoms with Crippen molar-refractivity contribution in [1.82, 2.24) is 0 Å². The largest absolute Gasteiger partial charge is 0.457 e. The third-order valence-electron chi connectivity index (χ3n) is 8.02.